The smallest absolute Gasteiger partial charge is 0.271 e. The molecule has 0 aliphatic carbocycles. The first-order valence-electron chi connectivity index (χ1n) is 7.30. The van der Waals surface area contributed by atoms with Crippen LogP contribution in [-0.2, 0) is 0 Å². The molecule has 0 fully saturated rings. The molecule has 0 saturated carbocycles. The van der Waals surface area contributed by atoms with E-state index in [0.29, 0.717) is 6.54 Å². The molecular formula is C16H15N5O3. The number of benzene rings is 2. The van der Waals surface area contributed by atoms with Crippen molar-refractivity contribution in [2.45, 2.75) is 13.0 Å². The number of nitro benzene ring substituents is 1. The van der Waals surface area contributed by atoms with Crippen LogP contribution in [0.25, 0.3) is 0 Å². The summed E-state index contributed by atoms with van der Waals surface area (Å²) in [6, 6.07) is 13.0. The van der Waals surface area contributed by atoms with E-state index in [1.165, 1.54) is 18.2 Å². The van der Waals surface area contributed by atoms with Crippen molar-refractivity contribution in [3.8, 4) is 5.75 Å². The van der Waals surface area contributed by atoms with Crippen molar-refractivity contribution in [3.63, 3.8) is 0 Å². The highest BCUT2D eigenvalue weighted by atomic mass is 16.6. The topological polar surface area (TPSA) is 104 Å². The lowest BCUT2D eigenvalue weighted by Crippen LogP contribution is -2.21. The van der Waals surface area contributed by atoms with Crippen LogP contribution in [0.2, 0.25) is 0 Å². The highest BCUT2D eigenvalue weighted by Gasteiger charge is 2.24. The average molecular weight is 325 g/mol. The van der Waals surface area contributed by atoms with Crippen molar-refractivity contribution in [3.05, 3.63) is 58.6 Å². The van der Waals surface area contributed by atoms with Crippen LogP contribution in [0.5, 0.6) is 5.75 Å². The zero-order chi connectivity index (χ0) is 17.1. The van der Waals surface area contributed by atoms with Gasteiger partial charge >= 0.3 is 0 Å². The Bertz CT molecular complexity index is 820. The molecule has 0 radical (unpaired) electrons. The van der Waals surface area contributed by atoms with Gasteiger partial charge in [-0.1, -0.05) is 18.2 Å². The molecule has 1 aliphatic rings. The summed E-state index contributed by atoms with van der Waals surface area (Å²) in [5.41, 5.74) is 1.65. The summed E-state index contributed by atoms with van der Waals surface area (Å²) in [7, 11) is 0. The minimum atomic E-state index is -0.544. The number of hydrogen-bond acceptors (Lipinski definition) is 7. The minimum Gasteiger partial charge on any atom is -0.506 e. The van der Waals surface area contributed by atoms with Crippen molar-refractivity contribution in [2.24, 2.45) is 15.3 Å². The molecule has 0 aromatic heterocycles. The Morgan fingerprint density at radius 2 is 2.04 bits per heavy atom. The second-order valence-corrected chi connectivity index (χ2v) is 5.32. The summed E-state index contributed by atoms with van der Waals surface area (Å²) < 4.78 is 0. The predicted molar refractivity (Wildman–Crippen MR) is 90.0 cm³/mol. The molecule has 0 saturated heterocycles. The highest BCUT2D eigenvalue weighted by Crippen LogP contribution is 2.31. The van der Waals surface area contributed by atoms with E-state index in [9.17, 15) is 15.2 Å². The molecule has 2 aromatic carbocycles. The van der Waals surface area contributed by atoms with Gasteiger partial charge in [-0.25, -0.2) is 0 Å². The summed E-state index contributed by atoms with van der Waals surface area (Å²) in [5.74, 6) is -0.156. The van der Waals surface area contributed by atoms with E-state index in [1.807, 2.05) is 42.3 Å². The fourth-order valence-electron chi connectivity index (χ4n) is 2.31. The summed E-state index contributed by atoms with van der Waals surface area (Å²) in [6.45, 7) is 2.37. The van der Waals surface area contributed by atoms with Gasteiger partial charge in [0.25, 0.3) is 5.69 Å². The molecule has 3 rings (SSSR count). The van der Waals surface area contributed by atoms with Crippen molar-refractivity contribution in [2.75, 3.05) is 11.6 Å². The lowest BCUT2D eigenvalue weighted by atomic mass is 10.2. The van der Waals surface area contributed by atoms with Crippen LogP contribution in [-0.4, -0.2) is 28.3 Å². The molecule has 2 aromatic rings. The summed E-state index contributed by atoms with van der Waals surface area (Å²) in [5, 5.41) is 35.0. The number of phenolic OH excluding ortho intramolecular Hbond substituents is 1. The zero-order valence-electron chi connectivity index (χ0n) is 12.9. The standard InChI is InChI=1S/C16H15N5O3/c1-11-15(10-20(19-11)12-5-3-2-4-6-12)18-17-14-9-13(21(23)24)7-8-16(14)22/h2-9,15,22H,10H2,1H3. The van der Waals surface area contributed by atoms with E-state index in [4.69, 9.17) is 0 Å². The molecule has 8 nitrogen and oxygen atoms in total. The number of rotatable bonds is 4. The van der Waals surface area contributed by atoms with Gasteiger partial charge in [-0.2, -0.15) is 15.3 Å². The van der Waals surface area contributed by atoms with Crippen LogP contribution in [0.4, 0.5) is 17.1 Å². The first-order chi connectivity index (χ1) is 11.5. The minimum absolute atomic E-state index is 0.0650. The number of aromatic hydroxyl groups is 1. The maximum absolute atomic E-state index is 10.8. The van der Waals surface area contributed by atoms with Crippen molar-refractivity contribution < 1.29 is 10.0 Å². The number of phenols is 1. The van der Waals surface area contributed by atoms with E-state index in [1.54, 1.807) is 0 Å². The Kier molecular flexibility index (Phi) is 4.19. The van der Waals surface area contributed by atoms with Gasteiger partial charge in [0.1, 0.15) is 17.5 Å². The first-order valence-corrected chi connectivity index (χ1v) is 7.30. The van der Waals surface area contributed by atoms with E-state index >= 15 is 0 Å². The number of hydrogen-bond donors (Lipinski definition) is 1. The second kappa shape index (κ2) is 6.45. The summed E-state index contributed by atoms with van der Waals surface area (Å²) >= 11 is 0. The molecule has 1 unspecified atom stereocenters. The SMILES string of the molecule is CC1=NN(c2ccccc2)CC1N=Nc1cc([N+](=O)[O-])ccc1O. The molecule has 8 heteroatoms. The molecule has 1 atom stereocenters. The predicted octanol–water partition coefficient (Wildman–Crippen LogP) is 3.65. The van der Waals surface area contributed by atoms with Crippen molar-refractivity contribution >= 4 is 22.8 Å². The lowest BCUT2D eigenvalue weighted by molar-refractivity contribution is -0.384. The van der Waals surface area contributed by atoms with E-state index in [0.717, 1.165) is 11.4 Å². The quantitative estimate of drug-likeness (QED) is 0.526. The van der Waals surface area contributed by atoms with Gasteiger partial charge in [-0.05, 0) is 25.1 Å². The largest absolute Gasteiger partial charge is 0.506 e. The van der Waals surface area contributed by atoms with Crippen LogP contribution in [0, 0.1) is 10.1 Å². The number of nitrogens with zero attached hydrogens (tertiary/aromatic N) is 5. The Hall–Kier alpha value is -3.29. The third-order valence-corrected chi connectivity index (χ3v) is 3.64. The molecule has 0 spiro atoms. The highest BCUT2D eigenvalue weighted by molar-refractivity contribution is 5.91. The normalized spacial score (nSPS) is 17.3. The van der Waals surface area contributed by atoms with Crippen molar-refractivity contribution in [1.82, 2.24) is 0 Å². The lowest BCUT2D eigenvalue weighted by Gasteiger charge is -2.13. The number of azo groups is 1. The molecule has 1 aliphatic heterocycles. The Labute approximate surface area is 137 Å². The number of nitro groups is 1. The Balaban J connectivity index is 1.78. The van der Waals surface area contributed by atoms with Crippen LogP contribution in [0.1, 0.15) is 6.92 Å². The van der Waals surface area contributed by atoms with Gasteiger partial charge in [-0.15, -0.1) is 0 Å². The van der Waals surface area contributed by atoms with Crippen LogP contribution < -0.4 is 5.01 Å². The average Bonchev–Trinajstić information content (AvgIpc) is 2.95. The van der Waals surface area contributed by atoms with Gasteiger partial charge in [-0.3, -0.25) is 15.1 Å². The van der Waals surface area contributed by atoms with Gasteiger partial charge in [0.15, 0.2) is 0 Å². The third kappa shape index (κ3) is 3.22. The van der Waals surface area contributed by atoms with E-state index in [-0.39, 0.29) is 23.2 Å². The maximum atomic E-state index is 10.8. The van der Waals surface area contributed by atoms with Gasteiger partial charge in [0, 0.05) is 12.1 Å². The fourth-order valence-corrected chi connectivity index (χ4v) is 2.31. The number of para-hydroxylation sites is 1. The molecular weight excluding hydrogens is 310 g/mol. The Morgan fingerprint density at radius 3 is 2.75 bits per heavy atom. The first kappa shape index (κ1) is 15.6. The van der Waals surface area contributed by atoms with Crippen molar-refractivity contribution in [1.29, 1.82) is 0 Å². The van der Waals surface area contributed by atoms with Gasteiger partial charge in [0.05, 0.1) is 22.9 Å². The van der Waals surface area contributed by atoms with Gasteiger partial charge in [0.2, 0.25) is 0 Å². The molecule has 0 bridgehead atoms. The van der Waals surface area contributed by atoms with E-state index < -0.39 is 4.92 Å². The number of non-ortho nitro benzene ring substituents is 1. The zero-order valence-corrected chi connectivity index (χ0v) is 12.9. The molecule has 1 heterocycles. The molecule has 0 amide bonds. The van der Waals surface area contributed by atoms with Crippen LogP contribution in [0.15, 0.2) is 63.9 Å². The maximum Gasteiger partial charge on any atom is 0.271 e. The Morgan fingerprint density at radius 1 is 1.29 bits per heavy atom. The summed E-state index contributed by atoms with van der Waals surface area (Å²) in [6.07, 6.45) is 0. The number of anilines is 1. The molecule has 1 N–H and O–H groups in total. The van der Waals surface area contributed by atoms with E-state index in [2.05, 4.69) is 15.3 Å². The fraction of sp³-hybridized carbons (Fsp3) is 0.188. The second-order valence-electron chi connectivity index (χ2n) is 5.32. The van der Waals surface area contributed by atoms with Gasteiger partial charge < -0.3 is 5.11 Å². The molecule has 122 valence electrons. The molecule has 24 heavy (non-hydrogen) atoms. The third-order valence-electron chi connectivity index (χ3n) is 3.64. The number of hydrazone groups is 1. The monoisotopic (exact) mass is 325 g/mol. The van der Waals surface area contributed by atoms with Crippen LogP contribution in [0.3, 0.4) is 0 Å². The van der Waals surface area contributed by atoms with Crippen LogP contribution >= 0.6 is 0 Å². The summed E-state index contributed by atoms with van der Waals surface area (Å²) in [4.78, 5) is 10.3.